The maximum atomic E-state index is 12.4. The minimum atomic E-state index is -0.368. The maximum Gasteiger partial charge on any atom is 0.340 e. The van der Waals surface area contributed by atoms with Gasteiger partial charge in [0.05, 0.1) is 52.9 Å². The first-order chi connectivity index (χ1) is 14.6. The largest absolute Gasteiger partial charge is 0.493 e. The molecule has 1 aliphatic heterocycles. The van der Waals surface area contributed by atoms with Gasteiger partial charge < -0.3 is 33.9 Å². The molecule has 1 aliphatic rings. The van der Waals surface area contributed by atoms with Crippen LogP contribution in [0, 0.1) is 0 Å². The van der Waals surface area contributed by atoms with E-state index in [4.69, 9.17) is 23.7 Å². The lowest BCUT2D eigenvalue weighted by Crippen LogP contribution is -2.37. The SMILES string of the molecule is COC(=O)c1cc(NCc2cc(OC)c(OC)c(OC)c2)ccc1N1CCOCC1. The highest BCUT2D eigenvalue weighted by Crippen LogP contribution is 2.38. The maximum absolute atomic E-state index is 12.4. The van der Waals surface area contributed by atoms with Gasteiger partial charge in [0, 0.05) is 25.3 Å². The summed E-state index contributed by atoms with van der Waals surface area (Å²) in [5.41, 5.74) is 3.13. The van der Waals surface area contributed by atoms with E-state index in [2.05, 4.69) is 10.2 Å². The van der Waals surface area contributed by atoms with E-state index in [1.165, 1.54) is 7.11 Å². The van der Waals surface area contributed by atoms with Crippen molar-refractivity contribution in [2.75, 3.05) is 65.0 Å². The van der Waals surface area contributed by atoms with E-state index in [-0.39, 0.29) is 5.97 Å². The number of nitrogens with zero attached hydrogens (tertiary/aromatic N) is 1. The molecule has 0 saturated carbocycles. The first-order valence-electron chi connectivity index (χ1n) is 9.69. The number of rotatable bonds is 8. The molecule has 0 aliphatic carbocycles. The Hall–Kier alpha value is -3.13. The van der Waals surface area contributed by atoms with Gasteiger partial charge in [0.2, 0.25) is 5.75 Å². The molecule has 30 heavy (non-hydrogen) atoms. The fourth-order valence-corrected chi connectivity index (χ4v) is 3.44. The molecule has 8 heteroatoms. The van der Waals surface area contributed by atoms with Crippen LogP contribution < -0.4 is 24.4 Å². The molecule has 8 nitrogen and oxygen atoms in total. The van der Waals surface area contributed by atoms with Crippen molar-refractivity contribution in [2.24, 2.45) is 0 Å². The Morgan fingerprint density at radius 1 is 1.00 bits per heavy atom. The number of carbonyl (C=O) groups is 1. The van der Waals surface area contributed by atoms with Crippen LogP contribution in [0.1, 0.15) is 15.9 Å². The van der Waals surface area contributed by atoms with Gasteiger partial charge in [-0.05, 0) is 35.9 Å². The van der Waals surface area contributed by atoms with Crippen LogP contribution in [-0.2, 0) is 16.0 Å². The van der Waals surface area contributed by atoms with Crippen molar-refractivity contribution in [2.45, 2.75) is 6.54 Å². The molecule has 2 aromatic rings. The number of anilines is 2. The lowest BCUT2D eigenvalue weighted by Gasteiger charge is -2.30. The molecule has 1 N–H and O–H groups in total. The van der Waals surface area contributed by atoms with Gasteiger partial charge in [-0.15, -0.1) is 0 Å². The number of hydrogen-bond donors (Lipinski definition) is 1. The van der Waals surface area contributed by atoms with Crippen LogP contribution in [0.3, 0.4) is 0 Å². The van der Waals surface area contributed by atoms with Crippen molar-refractivity contribution in [3.05, 3.63) is 41.5 Å². The molecule has 0 atom stereocenters. The third kappa shape index (κ3) is 4.71. The van der Waals surface area contributed by atoms with E-state index < -0.39 is 0 Å². The fourth-order valence-electron chi connectivity index (χ4n) is 3.44. The summed E-state index contributed by atoms with van der Waals surface area (Å²) in [5, 5.41) is 3.35. The summed E-state index contributed by atoms with van der Waals surface area (Å²) >= 11 is 0. The van der Waals surface area contributed by atoms with Gasteiger partial charge in [0.15, 0.2) is 11.5 Å². The van der Waals surface area contributed by atoms with E-state index in [1.54, 1.807) is 21.3 Å². The van der Waals surface area contributed by atoms with Gasteiger partial charge in [-0.25, -0.2) is 4.79 Å². The van der Waals surface area contributed by atoms with Crippen molar-refractivity contribution < 1.29 is 28.5 Å². The smallest absolute Gasteiger partial charge is 0.340 e. The molecule has 1 saturated heterocycles. The first kappa shape index (κ1) is 21.6. The summed E-state index contributed by atoms with van der Waals surface area (Å²) in [4.78, 5) is 14.5. The molecular weight excluding hydrogens is 388 g/mol. The lowest BCUT2D eigenvalue weighted by molar-refractivity contribution is 0.0600. The van der Waals surface area contributed by atoms with Crippen molar-refractivity contribution in [3.63, 3.8) is 0 Å². The predicted octanol–water partition coefficient (Wildman–Crippen LogP) is 2.95. The lowest BCUT2D eigenvalue weighted by atomic mass is 10.1. The quantitative estimate of drug-likeness (QED) is 0.658. The summed E-state index contributed by atoms with van der Waals surface area (Å²) in [6, 6.07) is 9.48. The number of benzene rings is 2. The molecule has 0 unspecified atom stereocenters. The topological polar surface area (TPSA) is 78.5 Å². The van der Waals surface area contributed by atoms with Gasteiger partial charge in [-0.1, -0.05) is 0 Å². The van der Waals surface area contributed by atoms with Crippen LogP contribution in [-0.4, -0.2) is 60.7 Å². The van der Waals surface area contributed by atoms with Crippen LogP contribution in [0.4, 0.5) is 11.4 Å². The molecule has 3 rings (SSSR count). The highest BCUT2D eigenvalue weighted by atomic mass is 16.5. The number of nitrogens with one attached hydrogen (secondary N) is 1. The first-order valence-corrected chi connectivity index (χ1v) is 9.69. The van der Waals surface area contributed by atoms with E-state index >= 15 is 0 Å². The van der Waals surface area contributed by atoms with Crippen LogP contribution in [0.15, 0.2) is 30.3 Å². The van der Waals surface area contributed by atoms with Gasteiger partial charge >= 0.3 is 5.97 Å². The van der Waals surface area contributed by atoms with E-state index in [9.17, 15) is 4.79 Å². The average molecular weight is 416 g/mol. The number of ether oxygens (including phenoxy) is 5. The standard InChI is InChI=1S/C22H28N2O6/c1-26-19-11-15(12-20(27-2)21(19)28-3)14-23-16-5-6-18(17(13-16)22(25)29-4)24-7-9-30-10-8-24/h5-6,11-13,23H,7-10,14H2,1-4H3. The van der Waals surface area contributed by atoms with E-state index in [1.807, 2.05) is 30.3 Å². The number of hydrogen-bond acceptors (Lipinski definition) is 8. The molecule has 0 aromatic heterocycles. The van der Waals surface area contributed by atoms with Gasteiger partial charge in [0.1, 0.15) is 0 Å². The van der Waals surface area contributed by atoms with Crippen LogP contribution >= 0.6 is 0 Å². The van der Waals surface area contributed by atoms with Crippen LogP contribution in [0.2, 0.25) is 0 Å². The molecule has 0 amide bonds. The summed E-state index contributed by atoms with van der Waals surface area (Å²) in [6.07, 6.45) is 0. The summed E-state index contributed by atoms with van der Waals surface area (Å²) in [5.74, 6) is 1.36. The van der Waals surface area contributed by atoms with E-state index in [0.717, 1.165) is 30.0 Å². The minimum Gasteiger partial charge on any atom is -0.493 e. The molecule has 0 bridgehead atoms. The molecule has 0 radical (unpaired) electrons. The molecule has 162 valence electrons. The monoisotopic (exact) mass is 416 g/mol. The van der Waals surface area contributed by atoms with Gasteiger partial charge in [0.25, 0.3) is 0 Å². The summed E-state index contributed by atoms with van der Waals surface area (Å²) in [7, 11) is 6.13. The zero-order valence-electron chi connectivity index (χ0n) is 17.8. The molecular formula is C22H28N2O6. The predicted molar refractivity (Wildman–Crippen MR) is 114 cm³/mol. The zero-order valence-corrected chi connectivity index (χ0v) is 17.8. The Morgan fingerprint density at radius 2 is 1.67 bits per heavy atom. The number of morpholine rings is 1. The minimum absolute atomic E-state index is 0.368. The van der Waals surface area contributed by atoms with Gasteiger partial charge in [-0.3, -0.25) is 0 Å². The molecule has 1 fully saturated rings. The third-order valence-electron chi connectivity index (χ3n) is 4.97. The van der Waals surface area contributed by atoms with E-state index in [0.29, 0.717) is 42.6 Å². The second kappa shape index (κ2) is 10.1. The Labute approximate surface area is 176 Å². The average Bonchev–Trinajstić information content (AvgIpc) is 2.81. The normalized spacial score (nSPS) is 13.5. The second-order valence-electron chi connectivity index (χ2n) is 6.71. The Morgan fingerprint density at radius 3 is 2.23 bits per heavy atom. The Kier molecular flexibility index (Phi) is 7.24. The summed E-state index contributed by atoms with van der Waals surface area (Å²) in [6.45, 7) is 3.27. The Balaban J connectivity index is 1.82. The number of carbonyl (C=O) groups excluding carboxylic acids is 1. The fraction of sp³-hybridized carbons (Fsp3) is 0.409. The van der Waals surface area contributed by atoms with Gasteiger partial charge in [-0.2, -0.15) is 0 Å². The number of esters is 1. The highest BCUT2D eigenvalue weighted by molar-refractivity contribution is 5.97. The van der Waals surface area contributed by atoms with Crippen molar-refractivity contribution in [3.8, 4) is 17.2 Å². The molecule has 0 spiro atoms. The van der Waals surface area contributed by atoms with Crippen LogP contribution in [0.25, 0.3) is 0 Å². The zero-order chi connectivity index (χ0) is 21.5. The Bertz CT molecular complexity index is 855. The van der Waals surface area contributed by atoms with Crippen molar-refractivity contribution in [1.29, 1.82) is 0 Å². The molecule has 2 aromatic carbocycles. The third-order valence-corrected chi connectivity index (χ3v) is 4.97. The summed E-state index contributed by atoms with van der Waals surface area (Å²) < 4.78 is 26.6. The van der Waals surface area contributed by atoms with Crippen LogP contribution in [0.5, 0.6) is 17.2 Å². The van der Waals surface area contributed by atoms with Crippen molar-refractivity contribution in [1.82, 2.24) is 0 Å². The van der Waals surface area contributed by atoms with Crippen molar-refractivity contribution >= 4 is 17.3 Å². The number of methoxy groups -OCH3 is 4. The highest BCUT2D eigenvalue weighted by Gasteiger charge is 2.20. The molecule has 1 heterocycles. The second-order valence-corrected chi connectivity index (χ2v) is 6.71.